The van der Waals surface area contributed by atoms with Crippen LogP contribution in [0.5, 0.6) is 0 Å². The lowest BCUT2D eigenvalue weighted by molar-refractivity contribution is -0.122. The van der Waals surface area contributed by atoms with E-state index in [-0.39, 0.29) is 11.8 Å². The highest BCUT2D eigenvalue weighted by atomic mass is 35.5. The molecule has 3 atom stereocenters. The van der Waals surface area contributed by atoms with Gasteiger partial charge in [-0.2, -0.15) is 5.26 Å². The number of nitriles is 1. The fraction of sp³-hybridized carbons (Fsp3) is 0.382. The van der Waals surface area contributed by atoms with Crippen molar-refractivity contribution in [1.82, 2.24) is 4.90 Å². The zero-order valence-corrected chi connectivity index (χ0v) is 23.4. The maximum Gasteiger partial charge on any atom is 0.141 e. The Hall–Kier alpha value is -3.26. The van der Waals surface area contributed by atoms with Gasteiger partial charge in [-0.15, -0.1) is 0 Å². The number of halogens is 1. The SMILES string of the molecule is CC1=CC(CC(=O)C(c2ccc(-c3cccc(C#N)c3)cc2)C2CCN(CC3CC=CC=N3)CC2)CC(Cl)=C1. The molecule has 3 aliphatic rings. The fourth-order valence-corrected chi connectivity index (χ4v) is 6.71. The quantitative estimate of drug-likeness (QED) is 0.351. The molecule has 0 amide bonds. The van der Waals surface area contributed by atoms with Crippen LogP contribution in [0.25, 0.3) is 11.1 Å². The number of piperidine rings is 1. The van der Waals surface area contributed by atoms with Gasteiger partial charge >= 0.3 is 0 Å². The van der Waals surface area contributed by atoms with Crippen LogP contribution in [0, 0.1) is 23.2 Å². The van der Waals surface area contributed by atoms with E-state index in [1.54, 1.807) is 0 Å². The highest BCUT2D eigenvalue weighted by molar-refractivity contribution is 6.29. The molecule has 1 fully saturated rings. The number of carbonyl (C=O) groups excluding carboxylic acids is 1. The van der Waals surface area contributed by atoms with Gasteiger partial charge in [-0.05, 0) is 98.5 Å². The first-order valence-electron chi connectivity index (χ1n) is 14.1. The molecule has 0 spiro atoms. The van der Waals surface area contributed by atoms with E-state index < -0.39 is 0 Å². The predicted molar refractivity (Wildman–Crippen MR) is 160 cm³/mol. The van der Waals surface area contributed by atoms with Gasteiger partial charge < -0.3 is 4.90 Å². The van der Waals surface area contributed by atoms with Gasteiger partial charge in [0.25, 0.3) is 0 Å². The predicted octanol–water partition coefficient (Wildman–Crippen LogP) is 7.47. The summed E-state index contributed by atoms with van der Waals surface area (Å²) >= 11 is 6.40. The number of likely N-dealkylation sites (tertiary alicyclic amines) is 1. The molecule has 3 unspecified atom stereocenters. The van der Waals surface area contributed by atoms with Crippen molar-refractivity contribution in [1.29, 1.82) is 5.26 Å². The number of rotatable bonds is 8. The average Bonchev–Trinajstić information content (AvgIpc) is 2.94. The van der Waals surface area contributed by atoms with Crippen LogP contribution in [0.4, 0.5) is 0 Å². The first-order valence-corrected chi connectivity index (χ1v) is 14.4. The van der Waals surface area contributed by atoms with Gasteiger partial charge in [0.15, 0.2) is 0 Å². The number of aliphatic imine (C=N–C) groups is 1. The van der Waals surface area contributed by atoms with Crippen molar-refractivity contribution < 1.29 is 4.79 Å². The largest absolute Gasteiger partial charge is 0.301 e. The molecule has 0 saturated carbocycles. The first kappa shape index (κ1) is 27.3. The maximum atomic E-state index is 14.0. The molecule has 5 heteroatoms. The smallest absolute Gasteiger partial charge is 0.141 e. The number of benzene rings is 2. The second-order valence-corrected chi connectivity index (χ2v) is 11.7. The zero-order valence-electron chi connectivity index (χ0n) is 22.6. The maximum absolute atomic E-state index is 14.0. The van der Waals surface area contributed by atoms with Crippen LogP contribution >= 0.6 is 11.6 Å². The summed E-state index contributed by atoms with van der Waals surface area (Å²) in [5.74, 6) is 0.662. The summed E-state index contributed by atoms with van der Waals surface area (Å²) < 4.78 is 0. The van der Waals surface area contributed by atoms with Crippen molar-refractivity contribution in [2.45, 2.75) is 51.0 Å². The summed E-state index contributed by atoms with van der Waals surface area (Å²) in [4.78, 5) is 21.1. The normalized spacial score (nSPS) is 22.6. The number of nitrogens with zero attached hydrogens (tertiary/aromatic N) is 3. The van der Waals surface area contributed by atoms with Crippen LogP contribution in [0.1, 0.15) is 56.1 Å². The molecule has 200 valence electrons. The molecular weight excluding hydrogens is 502 g/mol. The Morgan fingerprint density at radius 3 is 2.64 bits per heavy atom. The van der Waals surface area contributed by atoms with E-state index in [0.717, 1.165) is 72.6 Å². The standard InChI is InChI=1S/C34H36ClN3O/c1-24-17-26(20-31(35)18-24)21-33(39)34(29-12-15-38(16-13-29)23-32-7-2-3-14-37-32)28-10-8-27(9-11-28)30-6-4-5-25(19-30)22-36/h2-6,8-11,14,17-19,26,29,32,34H,7,12-13,15-16,20-21,23H2,1H3. The van der Waals surface area contributed by atoms with E-state index in [0.29, 0.717) is 29.7 Å². The summed E-state index contributed by atoms with van der Waals surface area (Å²) in [6, 6.07) is 18.7. The van der Waals surface area contributed by atoms with Gasteiger partial charge in [0.1, 0.15) is 5.78 Å². The molecule has 2 aromatic rings. The van der Waals surface area contributed by atoms with Crippen molar-refractivity contribution in [3.8, 4) is 17.2 Å². The lowest BCUT2D eigenvalue weighted by Gasteiger charge is -2.37. The third-order valence-corrected chi connectivity index (χ3v) is 8.51. The highest BCUT2D eigenvalue weighted by Gasteiger charge is 2.34. The Balaban J connectivity index is 1.33. The first-order chi connectivity index (χ1) is 19.0. The molecule has 0 N–H and O–H groups in total. The lowest BCUT2D eigenvalue weighted by Crippen LogP contribution is -2.41. The van der Waals surface area contributed by atoms with Gasteiger partial charge in [-0.3, -0.25) is 9.79 Å². The van der Waals surface area contributed by atoms with Crippen LogP contribution in [0.2, 0.25) is 0 Å². The van der Waals surface area contributed by atoms with Gasteiger partial charge in [0, 0.05) is 30.1 Å². The molecule has 0 bridgehead atoms. The highest BCUT2D eigenvalue weighted by Crippen LogP contribution is 2.38. The second kappa shape index (κ2) is 12.7. The molecule has 0 aromatic heterocycles. The Kier molecular flexibility index (Phi) is 8.91. The Morgan fingerprint density at radius 2 is 1.95 bits per heavy atom. The van der Waals surface area contributed by atoms with E-state index in [9.17, 15) is 10.1 Å². The summed E-state index contributed by atoms with van der Waals surface area (Å²) in [5.41, 5.74) is 4.95. The zero-order chi connectivity index (χ0) is 27.2. The van der Waals surface area contributed by atoms with E-state index >= 15 is 0 Å². The van der Waals surface area contributed by atoms with E-state index in [4.69, 9.17) is 11.6 Å². The molecule has 0 radical (unpaired) electrons. The molecule has 2 heterocycles. The summed E-state index contributed by atoms with van der Waals surface area (Å²) in [6.45, 7) is 5.04. The van der Waals surface area contributed by atoms with Crippen molar-refractivity contribution >= 4 is 23.6 Å². The third-order valence-electron chi connectivity index (χ3n) is 8.24. The Bertz CT molecular complexity index is 1340. The molecule has 1 aliphatic carbocycles. The number of allylic oxidation sites excluding steroid dienone is 5. The molecule has 4 nitrogen and oxygen atoms in total. The van der Waals surface area contributed by atoms with Crippen LogP contribution in [0.3, 0.4) is 0 Å². The number of hydrogen-bond acceptors (Lipinski definition) is 4. The van der Waals surface area contributed by atoms with Crippen LogP contribution < -0.4 is 0 Å². The number of carbonyl (C=O) groups is 1. The Labute approximate surface area is 237 Å². The summed E-state index contributed by atoms with van der Waals surface area (Å²) in [5, 5.41) is 10.1. The van der Waals surface area contributed by atoms with Crippen LogP contribution in [-0.4, -0.2) is 42.6 Å². The molecule has 1 saturated heterocycles. The van der Waals surface area contributed by atoms with E-state index in [1.165, 1.54) is 0 Å². The number of hydrogen-bond donors (Lipinski definition) is 0. The number of Topliss-reactive ketones (excluding diaryl/α,β-unsaturated/α-hetero) is 1. The number of ketones is 1. The van der Waals surface area contributed by atoms with E-state index in [1.807, 2.05) is 42.6 Å². The van der Waals surface area contributed by atoms with Gasteiger partial charge in [0.05, 0.1) is 17.7 Å². The van der Waals surface area contributed by atoms with Gasteiger partial charge in [-0.1, -0.05) is 65.7 Å². The van der Waals surface area contributed by atoms with Crippen molar-refractivity contribution in [3.05, 3.63) is 94.6 Å². The molecule has 2 aromatic carbocycles. The summed E-state index contributed by atoms with van der Waals surface area (Å²) in [6.07, 6.45) is 14.6. The second-order valence-electron chi connectivity index (χ2n) is 11.2. The van der Waals surface area contributed by atoms with E-state index in [2.05, 4.69) is 59.3 Å². The van der Waals surface area contributed by atoms with Crippen molar-refractivity contribution in [2.75, 3.05) is 19.6 Å². The molecule has 39 heavy (non-hydrogen) atoms. The summed E-state index contributed by atoms with van der Waals surface area (Å²) in [7, 11) is 0. The van der Waals surface area contributed by atoms with Crippen LogP contribution in [-0.2, 0) is 4.79 Å². The third kappa shape index (κ3) is 7.04. The average molecular weight is 538 g/mol. The molecule has 2 aliphatic heterocycles. The van der Waals surface area contributed by atoms with Crippen molar-refractivity contribution in [3.63, 3.8) is 0 Å². The minimum Gasteiger partial charge on any atom is -0.301 e. The number of dihydropyridines is 1. The minimum absolute atomic E-state index is 0.124. The monoisotopic (exact) mass is 537 g/mol. The fourth-order valence-electron chi connectivity index (χ4n) is 6.34. The Morgan fingerprint density at radius 1 is 1.15 bits per heavy atom. The van der Waals surface area contributed by atoms with Crippen LogP contribution in [0.15, 0.2) is 88.4 Å². The minimum atomic E-state index is -0.124. The van der Waals surface area contributed by atoms with Crippen molar-refractivity contribution in [2.24, 2.45) is 16.8 Å². The van der Waals surface area contributed by atoms with Gasteiger partial charge in [0.2, 0.25) is 0 Å². The lowest BCUT2D eigenvalue weighted by atomic mass is 9.75. The topological polar surface area (TPSA) is 56.5 Å². The molecular formula is C34H36ClN3O. The van der Waals surface area contributed by atoms with Gasteiger partial charge in [-0.25, -0.2) is 0 Å². The molecule has 5 rings (SSSR count).